The van der Waals surface area contributed by atoms with Crippen molar-refractivity contribution in [3.05, 3.63) is 35.1 Å². The van der Waals surface area contributed by atoms with Crippen molar-refractivity contribution >= 4 is 11.9 Å². The molecule has 1 aromatic carbocycles. The van der Waals surface area contributed by atoms with Crippen molar-refractivity contribution in [2.75, 3.05) is 13.7 Å². The van der Waals surface area contributed by atoms with E-state index in [1.54, 1.807) is 13.0 Å². The Morgan fingerprint density at radius 3 is 2.74 bits per heavy atom. The highest BCUT2D eigenvalue weighted by Gasteiger charge is 2.35. The molecule has 1 atom stereocenters. The van der Waals surface area contributed by atoms with Crippen LogP contribution in [0, 0.1) is 12.7 Å². The maximum atomic E-state index is 13.3. The first-order valence-corrected chi connectivity index (χ1v) is 6.19. The average Bonchev–Trinajstić information content (AvgIpc) is 2.84. The van der Waals surface area contributed by atoms with Crippen molar-refractivity contribution in [3.63, 3.8) is 0 Å². The molecule has 1 saturated heterocycles. The monoisotopic (exact) mass is 265 g/mol. The Balaban J connectivity index is 2.25. The minimum absolute atomic E-state index is 0.272. The molecule has 1 aromatic rings. The van der Waals surface area contributed by atoms with Gasteiger partial charge in [0.15, 0.2) is 0 Å². The fraction of sp³-hybridized carbons (Fsp3) is 0.429. The number of rotatable bonds is 2. The van der Waals surface area contributed by atoms with Gasteiger partial charge in [-0.1, -0.05) is 0 Å². The van der Waals surface area contributed by atoms with Gasteiger partial charge in [0.25, 0.3) is 5.91 Å². The fourth-order valence-electron chi connectivity index (χ4n) is 2.42. The highest BCUT2D eigenvalue weighted by Crippen LogP contribution is 2.22. The predicted octanol–water partition coefficient (Wildman–Crippen LogP) is 1.91. The van der Waals surface area contributed by atoms with Crippen molar-refractivity contribution in [2.24, 2.45) is 0 Å². The first kappa shape index (κ1) is 13.5. The minimum atomic E-state index is -0.555. The van der Waals surface area contributed by atoms with Crippen LogP contribution in [-0.4, -0.2) is 36.5 Å². The number of ether oxygens (including phenoxy) is 1. The summed E-state index contributed by atoms with van der Waals surface area (Å²) in [6, 6.07) is 3.62. The van der Waals surface area contributed by atoms with E-state index in [0.717, 1.165) is 6.42 Å². The summed E-state index contributed by atoms with van der Waals surface area (Å²) in [4.78, 5) is 25.4. The number of aryl methyl sites for hydroxylation is 1. The molecule has 1 unspecified atom stereocenters. The molecule has 1 aliphatic heterocycles. The molecule has 0 radical (unpaired) electrons. The number of methoxy groups -OCH3 is 1. The van der Waals surface area contributed by atoms with Crippen LogP contribution in [0.4, 0.5) is 4.39 Å². The second-order valence-electron chi connectivity index (χ2n) is 4.70. The van der Waals surface area contributed by atoms with E-state index in [2.05, 4.69) is 0 Å². The molecule has 0 N–H and O–H groups in total. The Labute approximate surface area is 111 Å². The summed E-state index contributed by atoms with van der Waals surface area (Å²) in [5.41, 5.74) is 0.950. The summed E-state index contributed by atoms with van der Waals surface area (Å²) in [6.07, 6.45) is 1.34. The molecular weight excluding hydrogens is 249 g/mol. The molecule has 1 amide bonds. The van der Waals surface area contributed by atoms with Crippen molar-refractivity contribution in [1.29, 1.82) is 0 Å². The van der Waals surface area contributed by atoms with E-state index in [9.17, 15) is 14.0 Å². The highest BCUT2D eigenvalue weighted by atomic mass is 19.1. The smallest absolute Gasteiger partial charge is 0.328 e. The zero-order valence-electron chi connectivity index (χ0n) is 11.0. The number of carbonyl (C=O) groups is 2. The molecule has 0 aromatic heterocycles. The topological polar surface area (TPSA) is 46.6 Å². The lowest BCUT2D eigenvalue weighted by Crippen LogP contribution is -2.41. The average molecular weight is 265 g/mol. The number of esters is 1. The fourth-order valence-corrected chi connectivity index (χ4v) is 2.42. The third-order valence-corrected chi connectivity index (χ3v) is 3.28. The van der Waals surface area contributed by atoms with Crippen LogP contribution in [0.3, 0.4) is 0 Å². The van der Waals surface area contributed by atoms with Gasteiger partial charge in [0, 0.05) is 12.1 Å². The van der Waals surface area contributed by atoms with E-state index in [1.165, 1.54) is 24.1 Å². The molecule has 1 aliphatic rings. The van der Waals surface area contributed by atoms with Gasteiger partial charge < -0.3 is 9.64 Å². The summed E-state index contributed by atoms with van der Waals surface area (Å²) in [6.45, 7) is 2.22. The van der Waals surface area contributed by atoms with Crippen LogP contribution in [0.2, 0.25) is 0 Å². The van der Waals surface area contributed by atoms with Gasteiger partial charge in [-0.25, -0.2) is 9.18 Å². The first-order chi connectivity index (χ1) is 9.02. The van der Waals surface area contributed by atoms with Crippen LogP contribution >= 0.6 is 0 Å². The van der Waals surface area contributed by atoms with E-state index in [-0.39, 0.29) is 11.5 Å². The summed E-state index contributed by atoms with van der Waals surface area (Å²) in [5, 5.41) is 0. The van der Waals surface area contributed by atoms with Crippen LogP contribution in [-0.2, 0) is 9.53 Å². The number of benzene rings is 1. The zero-order chi connectivity index (χ0) is 14.0. The molecule has 0 saturated carbocycles. The van der Waals surface area contributed by atoms with E-state index in [0.29, 0.717) is 18.5 Å². The quantitative estimate of drug-likeness (QED) is 0.767. The zero-order valence-corrected chi connectivity index (χ0v) is 11.0. The SMILES string of the molecule is COC(=O)C1CCCN1C(=O)c1cc(C)cc(F)c1. The summed E-state index contributed by atoms with van der Waals surface area (Å²) >= 11 is 0. The molecule has 1 heterocycles. The minimum Gasteiger partial charge on any atom is -0.467 e. The van der Waals surface area contributed by atoms with Gasteiger partial charge in [0.05, 0.1) is 7.11 Å². The van der Waals surface area contributed by atoms with E-state index in [1.807, 2.05) is 0 Å². The Hall–Kier alpha value is -1.91. The van der Waals surface area contributed by atoms with Crippen LogP contribution in [0.1, 0.15) is 28.8 Å². The molecule has 0 spiro atoms. The van der Waals surface area contributed by atoms with Crippen molar-refractivity contribution in [3.8, 4) is 0 Å². The lowest BCUT2D eigenvalue weighted by Gasteiger charge is -2.22. The van der Waals surface area contributed by atoms with E-state index in [4.69, 9.17) is 4.74 Å². The van der Waals surface area contributed by atoms with Gasteiger partial charge >= 0.3 is 5.97 Å². The first-order valence-electron chi connectivity index (χ1n) is 6.19. The Kier molecular flexibility index (Phi) is 3.83. The van der Waals surface area contributed by atoms with Gasteiger partial charge in [-0.2, -0.15) is 0 Å². The van der Waals surface area contributed by atoms with Crippen molar-refractivity contribution in [1.82, 2.24) is 4.90 Å². The molecule has 4 nitrogen and oxygen atoms in total. The van der Waals surface area contributed by atoms with Crippen LogP contribution < -0.4 is 0 Å². The maximum absolute atomic E-state index is 13.3. The molecule has 0 aliphatic carbocycles. The second-order valence-corrected chi connectivity index (χ2v) is 4.70. The third-order valence-electron chi connectivity index (χ3n) is 3.28. The largest absolute Gasteiger partial charge is 0.467 e. The normalized spacial score (nSPS) is 18.5. The van der Waals surface area contributed by atoms with Gasteiger partial charge in [-0.15, -0.1) is 0 Å². The predicted molar refractivity (Wildman–Crippen MR) is 67.2 cm³/mol. The van der Waals surface area contributed by atoms with Gasteiger partial charge in [-0.05, 0) is 43.5 Å². The second kappa shape index (κ2) is 5.38. The Morgan fingerprint density at radius 2 is 2.11 bits per heavy atom. The number of amides is 1. The number of halogens is 1. The summed E-state index contributed by atoms with van der Waals surface area (Å²) in [5.74, 6) is -1.19. The molecule has 2 rings (SSSR count). The van der Waals surface area contributed by atoms with E-state index >= 15 is 0 Å². The molecule has 0 bridgehead atoms. The summed E-state index contributed by atoms with van der Waals surface area (Å²) < 4.78 is 18.0. The lowest BCUT2D eigenvalue weighted by molar-refractivity contribution is -0.145. The number of carbonyl (C=O) groups excluding carboxylic acids is 2. The standard InChI is InChI=1S/C14H16FNO3/c1-9-6-10(8-11(15)7-9)13(17)16-5-3-4-12(16)14(18)19-2/h6-8,12H,3-5H2,1-2H3. The van der Waals surface area contributed by atoms with Crippen molar-refractivity contribution < 1.29 is 18.7 Å². The van der Waals surface area contributed by atoms with Crippen molar-refractivity contribution in [2.45, 2.75) is 25.8 Å². The number of likely N-dealkylation sites (tertiary alicyclic amines) is 1. The molecule has 1 fully saturated rings. The third kappa shape index (κ3) is 2.75. The molecule has 19 heavy (non-hydrogen) atoms. The van der Waals surface area contributed by atoms with Gasteiger partial charge in [0.1, 0.15) is 11.9 Å². The lowest BCUT2D eigenvalue weighted by atomic mass is 10.1. The van der Waals surface area contributed by atoms with Crippen LogP contribution in [0.15, 0.2) is 18.2 Å². The summed E-state index contributed by atoms with van der Waals surface area (Å²) in [7, 11) is 1.30. The number of nitrogens with zero attached hydrogens (tertiary/aromatic N) is 1. The highest BCUT2D eigenvalue weighted by molar-refractivity contribution is 5.97. The maximum Gasteiger partial charge on any atom is 0.328 e. The molecule has 102 valence electrons. The van der Waals surface area contributed by atoms with Gasteiger partial charge in [0.2, 0.25) is 0 Å². The van der Waals surface area contributed by atoms with Crippen LogP contribution in [0.5, 0.6) is 0 Å². The molecule has 5 heteroatoms. The van der Waals surface area contributed by atoms with Crippen LogP contribution in [0.25, 0.3) is 0 Å². The van der Waals surface area contributed by atoms with E-state index < -0.39 is 17.8 Å². The number of hydrogen-bond donors (Lipinski definition) is 0. The van der Waals surface area contributed by atoms with Gasteiger partial charge in [-0.3, -0.25) is 4.79 Å². The Morgan fingerprint density at radius 1 is 1.37 bits per heavy atom. The number of hydrogen-bond acceptors (Lipinski definition) is 3. The molecular formula is C14H16FNO3. The Bertz CT molecular complexity index is 495.